The summed E-state index contributed by atoms with van der Waals surface area (Å²) in [5, 5.41) is 3.06. The van der Waals surface area contributed by atoms with Crippen LogP contribution < -0.4 is 10.9 Å². The minimum absolute atomic E-state index is 0.0782. The lowest BCUT2D eigenvalue weighted by molar-refractivity contribution is 1.24. The molecular formula is C12H12N2O. The van der Waals surface area contributed by atoms with Crippen LogP contribution in [0.2, 0.25) is 0 Å². The highest BCUT2D eigenvalue weighted by molar-refractivity contribution is 5.64. The van der Waals surface area contributed by atoms with E-state index in [9.17, 15) is 4.79 Å². The van der Waals surface area contributed by atoms with Crippen LogP contribution in [0.5, 0.6) is 0 Å². The average molecular weight is 200 g/mol. The van der Waals surface area contributed by atoms with Gasteiger partial charge in [0.1, 0.15) is 0 Å². The largest absolute Gasteiger partial charge is 0.388 e. The minimum Gasteiger partial charge on any atom is -0.388 e. The third-order valence-electron chi connectivity index (χ3n) is 2.29. The van der Waals surface area contributed by atoms with E-state index in [0.29, 0.717) is 0 Å². The highest BCUT2D eigenvalue weighted by atomic mass is 16.1. The van der Waals surface area contributed by atoms with Crippen LogP contribution in [0.4, 0.5) is 5.69 Å². The number of anilines is 1. The second-order valence-corrected chi connectivity index (χ2v) is 3.27. The van der Waals surface area contributed by atoms with Gasteiger partial charge < -0.3 is 10.3 Å². The van der Waals surface area contributed by atoms with Gasteiger partial charge in [0.05, 0.1) is 0 Å². The normalized spacial score (nSPS) is 9.93. The van der Waals surface area contributed by atoms with Crippen molar-refractivity contribution in [1.29, 1.82) is 0 Å². The van der Waals surface area contributed by atoms with E-state index in [2.05, 4.69) is 10.3 Å². The molecule has 15 heavy (non-hydrogen) atoms. The molecule has 0 amide bonds. The van der Waals surface area contributed by atoms with Gasteiger partial charge in [-0.3, -0.25) is 4.79 Å². The number of aromatic amines is 1. The Bertz CT molecular complexity index is 479. The number of aromatic nitrogens is 1. The van der Waals surface area contributed by atoms with E-state index in [1.807, 2.05) is 37.4 Å². The van der Waals surface area contributed by atoms with Gasteiger partial charge in [-0.05, 0) is 29.3 Å². The van der Waals surface area contributed by atoms with Crippen LogP contribution in [0.25, 0.3) is 11.1 Å². The van der Waals surface area contributed by atoms with Crippen molar-refractivity contribution in [2.75, 3.05) is 12.4 Å². The Balaban J connectivity index is 2.37. The van der Waals surface area contributed by atoms with E-state index in [0.717, 1.165) is 16.8 Å². The molecule has 0 aliphatic rings. The molecule has 0 saturated carbocycles. The summed E-state index contributed by atoms with van der Waals surface area (Å²) in [5.41, 5.74) is 3.09. The quantitative estimate of drug-likeness (QED) is 0.779. The van der Waals surface area contributed by atoms with Crippen molar-refractivity contribution in [3.8, 4) is 11.1 Å². The lowest BCUT2D eigenvalue weighted by Crippen LogP contribution is -2.01. The molecule has 0 spiro atoms. The molecule has 0 fully saturated rings. The Labute approximate surface area is 87.8 Å². The maximum absolute atomic E-state index is 10.9. The van der Waals surface area contributed by atoms with Gasteiger partial charge in [0.15, 0.2) is 0 Å². The summed E-state index contributed by atoms with van der Waals surface area (Å²) in [4.78, 5) is 13.5. The molecule has 3 nitrogen and oxygen atoms in total. The van der Waals surface area contributed by atoms with Gasteiger partial charge >= 0.3 is 0 Å². The van der Waals surface area contributed by atoms with Crippen LogP contribution >= 0.6 is 0 Å². The van der Waals surface area contributed by atoms with Crippen LogP contribution in [0.1, 0.15) is 0 Å². The van der Waals surface area contributed by atoms with Crippen LogP contribution in [-0.2, 0) is 0 Å². The van der Waals surface area contributed by atoms with Crippen molar-refractivity contribution in [3.63, 3.8) is 0 Å². The molecule has 0 saturated heterocycles. The summed E-state index contributed by atoms with van der Waals surface area (Å²) in [6, 6.07) is 11.4. The fraction of sp³-hybridized carbons (Fsp3) is 0.0833. The smallest absolute Gasteiger partial charge is 0.247 e. The van der Waals surface area contributed by atoms with Crippen molar-refractivity contribution in [2.24, 2.45) is 0 Å². The maximum Gasteiger partial charge on any atom is 0.247 e. The number of benzene rings is 1. The van der Waals surface area contributed by atoms with Gasteiger partial charge in [0.2, 0.25) is 5.56 Å². The van der Waals surface area contributed by atoms with Crippen LogP contribution in [0.3, 0.4) is 0 Å². The van der Waals surface area contributed by atoms with E-state index in [1.54, 1.807) is 6.20 Å². The van der Waals surface area contributed by atoms with Gasteiger partial charge in [-0.15, -0.1) is 0 Å². The summed E-state index contributed by atoms with van der Waals surface area (Å²) >= 11 is 0. The zero-order valence-electron chi connectivity index (χ0n) is 8.45. The number of H-pyrrole nitrogens is 1. The summed E-state index contributed by atoms with van der Waals surface area (Å²) < 4.78 is 0. The van der Waals surface area contributed by atoms with Crippen molar-refractivity contribution in [1.82, 2.24) is 4.98 Å². The second-order valence-electron chi connectivity index (χ2n) is 3.27. The third-order valence-corrected chi connectivity index (χ3v) is 2.29. The molecule has 0 atom stereocenters. The molecule has 0 radical (unpaired) electrons. The van der Waals surface area contributed by atoms with E-state index in [4.69, 9.17) is 0 Å². The number of pyridine rings is 1. The van der Waals surface area contributed by atoms with E-state index in [1.165, 1.54) is 6.07 Å². The van der Waals surface area contributed by atoms with Gasteiger partial charge in [-0.2, -0.15) is 0 Å². The van der Waals surface area contributed by atoms with Gasteiger partial charge in [0, 0.05) is 25.0 Å². The Hall–Kier alpha value is -2.03. The molecule has 0 bridgehead atoms. The molecule has 1 heterocycles. The van der Waals surface area contributed by atoms with Crippen molar-refractivity contribution >= 4 is 5.69 Å². The molecule has 2 N–H and O–H groups in total. The van der Waals surface area contributed by atoms with Gasteiger partial charge in [0.25, 0.3) is 0 Å². The Kier molecular flexibility index (Phi) is 2.54. The average Bonchev–Trinajstić information content (AvgIpc) is 2.30. The van der Waals surface area contributed by atoms with Crippen LogP contribution in [-0.4, -0.2) is 12.0 Å². The standard InChI is InChI=1S/C12H12N2O/c1-13-11-5-2-9(3-6-11)10-4-7-12(15)14-8-10/h2-8,13H,1H3,(H,14,15). The summed E-state index contributed by atoms with van der Waals surface area (Å²) in [6.07, 6.45) is 1.72. The molecule has 0 unspecified atom stereocenters. The number of hydrogen-bond donors (Lipinski definition) is 2. The second kappa shape index (κ2) is 4.00. The van der Waals surface area contributed by atoms with Gasteiger partial charge in [-0.1, -0.05) is 12.1 Å². The van der Waals surface area contributed by atoms with E-state index < -0.39 is 0 Å². The van der Waals surface area contributed by atoms with Crippen molar-refractivity contribution < 1.29 is 0 Å². The SMILES string of the molecule is CNc1ccc(-c2ccc(=O)[nH]c2)cc1. The molecular weight excluding hydrogens is 188 g/mol. The number of nitrogens with one attached hydrogen (secondary N) is 2. The van der Waals surface area contributed by atoms with Crippen molar-refractivity contribution in [3.05, 3.63) is 52.9 Å². The Morgan fingerprint density at radius 2 is 1.67 bits per heavy atom. The lowest BCUT2D eigenvalue weighted by Gasteiger charge is -2.03. The highest BCUT2D eigenvalue weighted by Gasteiger charge is 1.96. The third kappa shape index (κ3) is 2.07. The van der Waals surface area contributed by atoms with E-state index in [-0.39, 0.29) is 5.56 Å². The molecule has 2 rings (SSSR count). The Morgan fingerprint density at radius 1 is 1.00 bits per heavy atom. The molecule has 2 aromatic rings. The first-order valence-corrected chi connectivity index (χ1v) is 4.76. The lowest BCUT2D eigenvalue weighted by atomic mass is 10.1. The highest BCUT2D eigenvalue weighted by Crippen LogP contribution is 2.19. The summed E-state index contributed by atoms with van der Waals surface area (Å²) in [6.45, 7) is 0. The minimum atomic E-state index is -0.0782. The summed E-state index contributed by atoms with van der Waals surface area (Å²) in [5.74, 6) is 0. The monoisotopic (exact) mass is 200 g/mol. The fourth-order valence-corrected chi connectivity index (χ4v) is 1.42. The fourth-order valence-electron chi connectivity index (χ4n) is 1.42. The molecule has 1 aromatic carbocycles. The summed E-state index contributed by atoms with van der Waals surface area (Å²) in [7, 11) is 1.88. The first kappa shape index (κ1) is 9.52. The van der Waals surface area contributed by atoms with Crippen LogP contribution in [0.15, 0.2) is 47.4 Å². The predicted octanol–water partition coefficient (Wildman–Crippen LogP) is 2.08. The van der Waals surface area contributed by atoms with E-state index >= 15 is 0 Å². The Morgan fingerprint density at radius 3 is 2.20 bits per heavy atom. The van der Waals surface area contributed by atoms with Crippen LogP contribution in [0, 0.1) is 0 Å². The van der Waals surface area contributed by atoms with Crippen molar-refractivity contribution in [2.45, 2.75) is 0 Å². The zero-order valence-corrected chi connectivity index (χ0v) is 8.45. The molecule has 0 aliphatic heterocycles. The first-order valence-electron chi connectivity index (χ1n) is 4.76. The topological polar surface area (TPSA) is 44.9 Å². The molecule has 3 heteroatoms. The maximum atomic E-state index is 10.9. The predicted molar refractivity (Wildman–Crippen MR) is 62.0 cm³/mol. The first-order chi connectivity index (χ1) is 7.29. The zero-order chi connectivity index (χ0) is 10.7. The molecule has 1 aromatic heterocycles. The number of rotatable bonds is 2. The molecule has 76 valence electrons. The van der Waals surface area contributed by atoms with Gasteiger partial charge in [-0.25, -0.2) is 0 Å². The molecule has 0 aliphatic carbocycles. The number of hydrogen-bond acceptors (Lipinski definition) is 2.